The van der Waals surface area contributed by atoms with Crippen LogP contribution in [0.25, 0.3) is 0 Å². The molecule has 0 heterocycles. The molecule has 0 aliphatic heterocycles. The van der Waals surface area contributed by atoms with Gasteiger partial charge in [-0.2, -0.15) is 5.26 Å². The Labute approximate surface area is 86.8 Å². The number of nitrogens with zero attached hydrogens (tertiary/aromatic N) is 1. The number of primary sulfonamides is 1. The molecule has 0 spiro atoms. The minimum atomic E-state index is -3.69. The lowest BCUT2D eigenvalue weighted by Gasteiger charge is -2.03. The van der Waals surface area contributed by atoms with Gasteiger partial charge in [0.25, 0.3) is 0 Å². The summed E-state index contributed by atoms with van der Waals surface area (Å²) in [5.41, 5.74) is 0. The molecule has 0 aliphatic carbocycles. The topological polar surface area (TPSA) is 83.9 Å². The van der Waals surface area contributed by atoms with E-state index < -0.39 is 10.0 Å². The Bertz CT molecular complexity index is 462. The second kappa shape index (κ2) is 4.46. The van der Waals surface area contributed by atoms with Crippen molar-refractivity contribution in [1.29, 1.82) is 5.26 Å². The van der Waals surface area contributed by atoms with Gasteiger partial charge in [-0.05, 0) is 12.1 Å². The highest BCUT2D eigenvalue weighted by Gasteiger charge is 2.12. The van der Waals surface area contributed by atoms with Gasteiger partial charge in [0.15, 0.2) is 0 Å². The van der Waals surface area contributed by atoms with E-state index in [-0.39, 0.29) is 10.6 Å². The smallest absolute Gasteiger partial charge is 0.225 e. The molecule has 0 fully saturated rings. The molecule has 0 saturated carbocycles. The first kappa shape index (κ1) is 11.0. The molecule has 0 amide bonds. The Morgan fingerprint density at radius 2 is 2.07 bits per heavy atom. The number of hydrogen-bond donors (Lipinski definition) is 1. The highest BCUT2D eigenvalue weighted by atomic mass is 32.2. The van der Waals surface area contributed by atoms with Gasteiger partial charge in [-0.3, -0.25) is 0 Å². The summed E-state index contributed by atoms with van der Waals surface area (Å²) in [5.74, 6) is 0.201. The Morgan fingerprint density at radius 3 is 2.64 bits per heavy atom. The Morgan fingerprint density at radius 1 is 1.43 bits per heavy atom. The van der Waals surface area contributed by atoms with Crippen LogP contribution >= 0.6 is 11.8 Å². The monoisotopic (exact) mass is 228 g/mol. The summed E-state index contributed by atoms with van der Waals surface area (Å²) < 4.78 is 22.2. The number of nitrogens with two attached hydrogens (primary N) is 1. The van der Waals surface area contributed by atoms with Gasteiger partial charge >= 0.3 is 0 Å². The van der Waals surface area contributed by atoms with Gasteiger partial charge in [0.1, 0.15) is 0 Å². The number of rotatable bonds is 3. The molecule has 6 heteroatoms. The first-order chi connectivity index (χ1) is 6.55. The molecule has 0 bridgehead atoms. The maximum absolute atomic E-state index is 11.1. The average Bonchev–Trinajstić information content (AvgIpc) is 2.14. The maximum Gasteiger partial charge on any atom is 0.239 e. The van der Waals surface area contributed by atoms with E-state index in [2.05, 4.69) is 0 Å². The fourth-order valence-corrected chi connectivity index (χ4v) is 2.66. The third-order valence-electron chi connectivity index (χ3n) is 1.45. The predicted molar refractivity (Wildman–Crippen MR) is 54.2 cm³/mol. The van der Waals surface area contributed by atoms with Crippen molar-refractivity contribution in [2.75, 3.05) is 5.75 Å². The number of sulfonamides is 1. The van der Waals surface area contributed by atoms with E-state index in [4.69, 9.17) is 10.4 Å². The van der Waals surface area contributed by atoms with Crippen LogP contribution in [0, 0.1) is 11.3 Å². The minimum Gasteiger partial charge on any atom is -0.225 e. The van der Waals surface area contributed by atoms with Crippen molar-refractivity contribution in [2.24, 2.45) is 5.14 Å². The van der Waals surface area contributed by atoms with Gasteiger partial charge < -0.3 is 0 Å². The lowest BCUT2D eigenvalue weighted by Crippen LogP contribution is -2.13. The molecule has 14 heavy (non-hydrogen) atoms. The van der Waals surface area contributed by atoms with Crippen molar-refractivity contribution < 1.29 is 8.42 Å². The van der Waals surface area contributed by atoms with E-state index in [1.54, 1.807) is 18.2 Å². The zero-order chi connectivity index (χ0) is 10.6. The SMILES string of the molecule is N#CCSc1ccccc1S(N)(=O)=O. The second-order valence-corrected chi connectivity index (χ2v) is 4.99. The van der Waals surface area contributed by atoms with Crippen LogP contribution in [0.5, 0.6) is 0 Å². The third kappa shape index (κ3) is 2.73. The predicted octanol–water partition coefficient (Wildman–Crippen LogP) is 0.950. The molecule has 2 N–H and O–H groups in total. The van der Waals surface area contributed by atoms with Crippen molar-refractivity contribution in [3.8, 4) is 6.07 Å². The van der Waals surface area contributed by atoms with Crippen LogP contribution < -0.4 is 5.14 Å². The lowest BCUT2D eigenvalue weighted by atomic mass is 10.4. The molecular formula is C8H8N2O2S2. The van der Waals surface area contributed by atoms with Crippen LogP contribution in [-0.2, 0) is 10.0 Å². The van der Waals surface area contributed by atoms with Crippen LogP contribution in [0.15, 0.2) is 34.1 Å². The van der Waals surface area contributed by atoms with Gasteiger partial charge in [0, 0.05) is 4.90 Å². The van der Waals surface area contributed by atoms with Gasteiger partial charge in [-0.1, -0.05) is 12.1 Å². The van der Waals surface area contributed by atoms with Crippen LogP contribution in [0.4, 0.5) is 0 Å². The molecule has 4 nitrogen and oxygen atoms in total. The lowest BCUT2D eigenvalue weighted by molar-refractivity contribution is 0.596. The zero-order valence-corrected chi connectivity index (χ0v) is 8.81. The molecule has 0 aliphatic rings. The van der Waals surface area contributed by atoms with Crippen molar-refractivity contribution in [2.45, 2.75) is 9.79 Å². The molecule has 1 aromatic rings. The zero-order valence-electron chi connectivity index (χ0n) is 7.17. The third-order valence-corrected chi connectivity index (χ3v) is 3.49. The average molecular weight is 228 g/mol. The first-order valence-corrected chi connectivity index (χ1v) is 6.20. The van der Waals surface area contributed by atoms with E-state index in [0.717, 1.165) is 11.8 Å². The second-order valence-electron chi connectivity index (χ2n) is 2.44. The van der Waals surface area contributed by atoms with E-state index in [0.29, 0.717) is 4.90 Å². The molecule has 0 unspecified atom stereocenters. The van der Waals surface area contributed by atoms with E-state index >= 15 is 0 Å². The van der Waals surface area contributed by atoms with Crippen LogP contribution in [0.3, 0.4) is 0 Å². The standard InChI is InChI=1S/C8H8N2O2S2/c9-5-6-13-7-3-1-2-4-8(7)14(10,11)12/h1-4H,6H2,(H2,10,11,12). The minimum absolute atomic E-state index is 0.0697. The Balaban J connectivity index is 3.12. The van der Waals surface area contributed by atoms with Gasteiger partial charge in [0.05, 0.1) is 16.7 Å². The van der Waals surface area contributed by atoms with Gasteiger partial charge in [-0.15, -0.1) is 11.8 Å². The van der Waals surface area contributed by atoms with E-state index in [1.807, 2.05) is 6.07 Å². The quantitative estimate of drug-likeness (QED) is 0.781. The number of benzene rings is 1. The molecule has 0 aromatic heterocycles. The number of hydrogen-bond acceptors (Lipinski definition) is 4. The summed E-state index contributed by atoms with van der Waals surface area (Å²) in [6, 6.07) is 8.27. The Kier molecular flexibility index (Phi) is 3.52. The van der Waals surface area contributed by atoms with Crippen molar-refractivity contribution in [3.63, 3.8) is 0 Å². The molecular weight excluding hydrogens is 220 g/mol. The van der Waals surface area contributed by atoms with Gasteiger partial charge in [0.2, 0.25) is 10.0 Å². The van der Waals surface area contributed by atoms with E-state index in [1.165, 1.54) is 6.07 Å². The van der Waals surface area contributed by atoms with Crippen molar-refractivity contribution >= 4 is 21.8 Å². The fraction of sp³-hybridized carbons (Fsp3) is 0.125. The number of nitriles is 1. The van der Waals surface area contributed by atoms with Crippen LogP contribution in [0.2, 0.25) is 0 Å². The van der Waals surface area contributed by atoms with Crippen LogP contribution in [0.1, 0.15) is 0 Å². The first-order valence-electron chi connectivity index (χ1n) is 3.67. The maximum atomic E-state index is 11.1. The summed E-state index contributed by atoms with van der Waals surface area (Å²) in [7, 11) is -3.69. The molecule has 0 radical (unpaired) electrons. The molecule has 0 saturated heterocycles. The summed E-state index contributed by atoms with van der Waals surface area (Å²) in [6.45, 7) is 0. The molecule has 1 aromatic carbocycles. The fourth-order valence-electron chi connectivity index (χ4n) is 0.914. The Hall–Kier alpha value is -1.03. The van der Waals surface area contributed by atoms with Crippen molar-refractivity contribution in [1.82, 2.24) is 0 Å². The van der Waals surface area contributed by atoms with Crippen molar-refractivity contribution in [3.05, 3.63) is 24.3 Å². The highest BCUT2D eigenvalue weighted by molar-refractivity contribution is 8.00. The summed E-state index contributed by atoms with van der Waals surface area (Å²) >= 11 is 1.15. The van der Waals surface area contributed by atoms with Crippen LogP contribution in [-0.4, -0.2) is 14.2 Å². The summed E-state index contributed by atoms with van der Waals surface area (Å²) in [4.78, 5) is 0.580. The molecule has 0 atom stereocenters. The summed E-state index contributed by atoms with van der Waals surface area (Å²) in [5, 5.41) is 13.4. The molecule has 74 valence electrons. The van der Waals surface area contributed by atoms with Gasteiger partial charge in [-0.25, -0.2) is 13.6 Å². The summed E-state index contributed by atoms with van der Waals surface area (Å²) in [6.07, 6.45) is 0. The van der Waals surface area contributed by atoms with E-state index in [9.17, 15) is 8.42 Å². The highest BCUT2D eigenvalue weighted by Crippen LogP contribution is 2.24. The molecule has 1 rings (SSSR count). The number of thioether (sulfide) groups is 1. The normalized spacial score (nSPS) is 10.9. The largest absolute Gasteiger partial charge is 0.239 e.